The van der Waals surface area contributed by atoms with E-state index in [0.717, 1.165) is 30.1 Å². The van der Waals surface area contributed by atoms with E-state index in [9.17, 15) is 0 Å². The first-order chi connectivity index (χ1) is 9.76. The smallest absolute Gasteiger partial charge is 0.0746 e. The molecule has 0 spiro atoms. The summed E-state index contributed by atoms with van der Waals surface area (Å²) in [6.07, 6.45) is 5.42. The van der Waals surface area contributed by atoms with Crippen LogP contribution in [-0.2, 0) is 11.3 Å². The van der Waals surface area contributed by atoms with Gasteiger partial charge in [-0.3, -0.25) is 0 Å². The highest BCUT2D eigenvalue weighted by molar-refractivity contribution is 9.10. The first-order valence-corrected chi connectivity index (χ1v) is 8.35. The Morgan fingerprint density at radius 1 is 1.35 bits per heavy atom. The highest BCUT2D eigenvalue weighted by Gasteiger charge is 2.23. The lowest BCUT2D eigenvalue weighted by Crippen LogP contribution is -2.40. The Hall–Kier alpha value is -0.580. The van der Waals surface area contributed by atoms with Crippen molar-refractivity contribution in [3.8, 4) is 0 Å². The lowest BCUT2D eigenvalue weighted by atomic mass is 10.0. The van der Waals surface area contributed by atoms with E-state index in [-0.39, 0.29) is 0 Å². The van der Waals surface area contributed by atoms with Crippen LogP contribution in [-0.4, -0.2) is 32.3 Å². The number of hydrogen-bond donors (Lipinski definition) is 1. The molecule has 1 saturated carbocycles. The zero-order chi connectivity index (χ0) is 13.9. The van der Waals surface area contributed by atoms with Gasteiger partial charge in [0.1, 0.15) is 0 Å². The van der Waals surface area contributed by atoms with Crippen molar-refractivity contribution in [3.05, 3.63) is 28.2 Å². The van der Waals surface area contributed by atoms with Crippen molar-refractivity contribution in [1.29, 1.82) is 0 Å². The molecule has 1 atom stereocenters. The molecule has 1 heterocycles. The lowest BCUT2D eigenvalue weighted by Gasteiger charge is -2.35. The van der Waals surface area contributed by atoms with Crippen molar-refractivity contribution in [2.75, 3.05) is 25.1 Å². The van der Waals surface area contributed by atoms with Gasteiger partial charge in [0.2, 0.25) is 0 Å². The van der Waals surface area contributed by atoms with Crippen LogP contribution >= 0.6 is 15.9 Å². The average molecular weight is 339 g/mol. The predicted molar refractivity (Wildman–Crippen MR) is 86.2 cm³/mol. The van der Waals surface area contributed by atoms with Gasteiger partial charge in [0.05, 0.1) is 6.10 Å². The molecule has 2 aliphatic rings. The van der Waals surface area contributed by atoms with Gasteiger partial charge in [-0.05, 0) is 43.4 Å². The molecule has 1 unspecified atom stereocenters. The molecule has 1 aromatic carbocycles. The molecule has 0 aromatic heterocycles. The normalized spacial score (nSPS) is 23.1. The van der Waals surface area contributed by atoms with E-state index in [2.05, 4.69) is 44.3 Å². The summed E-state index contributed by atoms with van der Waals surface area (Å²) in [5.74, 6) is 0. The molecule has 1 aliphatic heterocycles. The summed E-state index contributed by atoms with van der Waals surface area (Å²) < 4.78 is 6.71. The van der Waals surface area contributed by atoms with Crippen molar-refractivity contribution < 1.29 is 4.74 Å². The van der Waals surface area contributed by atoms with Crippen LogP contribution in [0.5, 0.6) is 0 Å². The molecule has 4 heteroatoms. The molecule has 0 radical (unpaired) electrons. The van der Waals surface area contributed by atoms with Crippen molar-refractivity contribution in [1.82, 2.24) is 5.32 Å². The number of benzene rings is 1. The molecule has 3 nitrogen and oxygen atoms in total. The number of ether oxygens (including phenoxy) is 1. The lowest BCUT2D eigenvalue weighted by molar-refractivity contribution is 0.0893. The summed E-state index contributed by atoms with van der Waals surface area (Å²) >= 11 is 3.61. The molecule has 2 fully saturated rings. The molecular weight excluding hydrogens is 316 g/mol. The Kier molecular flexibility index (Phi) is 4.64. The van der Waals surface area contributed by atoms with Gasteiger partial charge in [-0.25, -0.2) is 0 Å². The number of nitrogens with one attached hydrogen (secondary N) is 1. The minimum absolute atomic E-state index is 0.368. The Bertz CT molecular complexity index is 462. The second-order valence-electron chi connectivity index (χ2n) is 5.87. The summed E-state index contributed by atoms with van der Waals surface area (Å²) in [4.78, 5) is 2.48. The number of hydrogen-bond acceptors (Lipinski definition) is 3. The zero-order valence-corrected chi connectivity index (χ0v) is 13.7. The predicted octanol–water partition coefficient (Wildman–Crippen LogP) is 3.32. The second-order valence-corrected chi connectivity index (χ2v) is 6.79. The third kappa shape index (κ3) is 3.54. The Morgan fingerprint density at radius 2 is 2.20 bits per heavy atom. The van der Waals surface area contributed by atoms with Gasteiger partial charge in [-0.1, -0.05) is 22.0 Å². The fourth-order valence-electron chi connectivity index (χ4n) is 2.87. The van der Waals surface area contributed by atoms with Crippen LogP contribution in [0.4, 0.5) is 5.69 Å². The number of halogens is 1. The quantitative estimate of drug-likeness (QED) is 0.891. The summed E-state index contributed by atoms with van der Waals surface area (Å²) in [6, 6.07) is 7.39. The van der Waals surface area contributed by atoms with E-state index < -0.39 is 0 Å². The topological polar surface area (TPSA) is 24.5 Å². The minimum Gasteiger partial charge on any atom is -0.380 e. The highest BCUT2D eigenvalue weighted by atomic mass is 79.9. The van der Waals surface area contributed by atoms with Crippen LogP contribution in [0.2, 0.25) is 0 Å². The Labute approximate surface area is 129 Å². The molecule has 1 N–H and O–H groups in total. The van der Waals surface area contributed by atoms with E-state index >= 15 is 0 Å². The van der Waals surface area contributed by atoms with Crippen LogP contribution in [0.3, 0.4) is 0 Å². The molecule has 1 aliphatic carbocycles. The van der Waals surface area contributed by atoms with Crippen LogP contribution in [0, 0.1) is 0 Å². The van der Waals surface area contributed by atoms with Crippen molar-refractivity contribution in [2.45, 2.75) is 44.4 Å². The number of rotatable bonds is 5. The monoisotopic (exact) mass is 338 g/mol. The van der Waals surface area contributed by atoms with Gasteiger partial charge in [0, 0.05) is 42.9 Å². The fraction of sp³-hybridized carbons (Fsp3) is 0.625. The van der Waals surface area contributed by atoms with Crippen LogP contribution in [0.25, 0.3) is 0 Å². The number of piperidine rings is 1. The fourth-order valence-corrected chi connectivity index (χ4v) is 3.22. The van der Waals surface area contributed by atoms with Crippen LogP contribution < -0.4 is 10.2 Å². The maximum absolute atomic E-state index is 5.55. The van der Waals surface area contributed by atoms with Crippen molar-refractivity contribution in [2.24, 2.45) is 0 Å². The molecule has 0 bridgehead atoms. The van der Waals surface area contributed by atoms with Gasteiger partial charge in [0.15, 0.2) is 0 Å². The standard InChI is InChI=1S/C16H23BrN2O/c1-20-15-3-2-8-19(11-15)16-9-13(17)5-4-12(16)10-18-14-6-7-14/h4-5,9,14-15,18H,2-3,6-8,10-11H2,1H3. The van der Waals surface area contributed by atoms with E-state index in [4.69, 9.17) is 4.74 Å². The maximum atomic E-state index is 5.55. The molecule has 1 saturated heterocycles. The third-order valence-electron chi connectivity index (χ3n) is 4.26. The Morgan fingerprint density at radius 3 is 2.95 bits per heavy atom. The number of methoxy groups -OCH3 is 1. The summed E-state index contributed by atoms with van der Waals surface area (Å²) in [6.45, 7) is 3.11. The molecular formula is C16H23BrN2O. The van der Waals surface area contributed by atoms with Crippen LogP contribution in [0.15, 0.2) is 22.7 Å². The molecule has 3 rings (SSSR count). The number of nitrogens with zero attached hydrogens (tertiary/aromatic N) is 1. The van der Waals surface area contributed by atoms with Crippen molar-refractivity contribution >= 4 is 21.6 Å². The van der Waals surface area contributed by atoms with Gasteiger partial charge in [0.25, 0.3) is 0 Å². The van der Waals surface area contributed by atoms with Gasteiger partial charge >= 0.3 is 0 Å². The summed E-state index contributed by atoms with van der Waals surface area (Å²) in [7, 11) is 1.82. The summed E-state index contributed by atoms with van der Waals surface area (Å²) in [5.41, 5.74) is 2.76. The molecule has 1 aromatic rings. The van der Waals surface area contributed by atoms with Crippen molar-refractivity contribution in [3.63, 3.8) is 0 Å². The second kappa shape index (κ2) is 6.46. The average Bonchev–Trinajstić information content (AvgIpc) is 3.30. The third-order valence-corrected chi connectivity index (χ3v) is 4.75. The van der Waals surface area contributed by atoms with E-state index in [1.807, 2.05) is 7.11 Å². The molecule has 20 heavy (non-hydrogen) atoms. The SMILES string of the molecule is COC1CCCN(c2cc(Br)ccc2CNC2CC2)C1. The van der Waals surface area contributed by atoms with E-state index in [0.29, 0.717) is 6.10 Å². The van der Waals surface area contributed by atoms with Gasteiger partial charge < -0.3 is 15.0 Å². The van der Waals surface area contributed by atoms with Gasteiger partial charge in [-0.15, -0.1) is 0 Å². The Balaban J connectivity index is 1.76. The molecule has 0 amide bonds. The van der Waals surface area contributed by atoms with Crippen LogP contribution in [0.1, 0.15) is 31.2 Å². The first kappa shape index (κ1) is 14.4. The van der Waals surface area contributed by atoms with E-state index in [1.165, 1.54) is 36.9 Å². The maximum Gasteiger partial charge on any atom is 0.0746 e. The highest BCUT2D eigenvalue weighted by Crippen LogP contribution is 2.29. The van der Waals surface area contributed by atoms with Gasteiger partial charge in [-0.2, -0.15) is 0 Å². The molecule has 110 valence electrons. The zero-order valence-electron chi connectivity index (χ0n) is 12.1. The summed E-state index contributed by atoms with van der Waals surface area (Å²) in [5, 5.41) is 3.62. The number of anilines is 1. The largest absolute Gasteiger partial charge is 0.380 e. The van der Waals surface area contributed by atoms with E-state index in [1.54, 1.807) is 0 Å². The minimum atomic E-state index is 0.368. The first-order valence-electron chi connectivity index (χ1n) is 7.56.